The summed E-state index contributed by atoms with van der Waals surface area (Å²) in [7, 11) is 0. The van der Waals surface area contributed by atoms with E-state index in [0.717, 1.165) is 0 Å². The summed E-state index contributed by atoms with van der Waals surface area (Å²) in [6.07, 6.45) is 1.33. The Morgan fingerprint density at radius 3 is 2.25 bits per heavy atom. The van der Waals surface area contributed by atoms with E-state index in [9.17, 15) is 0 Å². The predicted molar refractivity (Wildman–Crippen MR) is 51.2 cm³/mol. The third kappa shape index (κ3) is 1.30. The third-order valence-corrected chi connectivity index (χ3v) is 2.39. The summed E-state index contributed by atoms with van der Waals surface area (Å²) in [5.41, 5.74) is 8.05. The Morgan fingerprint density at radius 1 is 1.17 bits per heavy atom. The van der Waals surface area contributed by atoms with E-state index in [1.807, 2.05) is 0 Å². The van der Waals surface area contributed by atoms with E-state index >= 15 is 0 Å². The summed E-state index contributed by atoms with van der Waals surface area (Å²) in [6, 6.07) is 8.52. The SMILES string of the molecule is NCc1ccc(N2CCC2)cc1. The lowest BCUT2D eigenvalue weighted by Crippen LogP contribution is -2.36. The predicted octanol–water partition coefficient (Wildman–Crippen LogP) is 1.36. The smallest absolute Gasteiger partial charge is 0.0366 e. The van der Waals surface area contributed by atoms with Crippen LogP contribution in [0.1, 0.15) is 12.0 Å². The highest BCUT2D eigenvalue weighted by Gasteiger charge is 2.13. The van der Waals surface area contributed by atoms with Gasteiger partial charge in [-0.25, -0.2) is 0 Å². The first kappa shape index (κ1) is 7.62. The Labute approximate surface area is 73.0 Å². The van der Waals surface area contributed by atoms with Crippen molar-refractivity contribution in [2.24, 2.45) is 5.73 Å². The minimum atomic E-state index is 0.639. The molecule has 1 fully saturated rings. The highest BCUT2D eigenvalue weighted by atomic mass is 15.2. The van der Waals surface area contributed by atoms with Gasteiger partial charge in [-0.1, -0.05) is 12.1 Å². The minimum absolute atomic E-state index is 0.639. The molecule has 1 heterocycles. The molecule has 1 saturated heterocycles. The van der Waals surface area contributed by atoms with Gasteiger partial charge in [-0.2, -0.15) is 0 Å². The fraction of sp³-hybridized carbons (Fsp3) is 0.400. The molecule has 1 aromatic rings. The monoisotopic (exact) mass is 162 g/mol. The number of nitrogens with two attached hydrogens (primary N) is 1. The van der Waals surface area contributed by atoms with Crippen molar-refractivity contribution in [1.29, 1.82) is 0 Å². The lowest BCUT2D eigenvalue weighted by Gasteiger charge is -2.33. The maximum atomic E-state index is 5.51. The van der Waals surface area contributed by atoms with Gasteiger partial charge >= 0.3 is 0 Å². The van der Waals surface area contributed by atoms with Crippen LogP contribution in [-0.4, -0.2) is 13.1 Å². The van der Waals surface area contributed by atoms with Crippen molar-refractivity contribution in [1.82, 2.24) is 0 Å². The number of nitrogens with zero attached hydrogens (tertiary/aromatic N) is 1. The second-order valence-corrected chi connectivity index (χ2v) is 3.21. The molecule has 12 heavy (non-hydrogen) atoms. The topological polar surface area (TPSA) is 29.3 Å². The Hall–Kier alpha value is -1.02. The first-order chi connectivity index (χ1) is 5.90. The zero-order valence-corrected chi connectivity index (χ0v) is 7.16. The number of rotatable bonds is 2. The Kier molecular flexibility index (Phi) is 2.00. The fourth-order valence-electron chi connectivity index (χ4n) is 1.42. The van der Waals surface area contributed by atoms with Gasteiger partial charge in [0.05, 0.1) is 0 Å². The van der Waals surface area contributed by atoms with Crippen LogP contribution in [0.2, 0.25) is 0 Å². The van der Waals surface area contributed by atoms with Crippen LogP contribution in [0, 0.1) is 0 Å². The summed E-state index contributed by atoms with van der Waals surface area (Å²) in [5.74, 6) is 0. The second kappa shape index (κ2) is 3.15. The number of hydrogen-bond acceptors (Lipinski definition) is 2. The van der Waals surface area contributed by atoms with Gasteiger partial charge in [0.25, 0.3) is 0 Å². The molecule has 2 N–H and O–H groups in total. The van der Waals surface area contributed by atoms with Gasteiger partial charge in [0.15, 0.2) is 0 Å². The molecular formula is C10H14N2. The maximum absolute atomic E-state index is 5.51. The Bertz CT molecular complexity index is 249. The third-order valence-electron chi connectivity index (χ3n) is 2.39. The molecule has 1 aromatic carbocycles. The van der Waals surface area contributed by atoms with Crippen molar-refractivity contribution in [2.75, 3.05) is 18.0 Å². The molecular weight excluding hydrogens is 148 g/mol. The van der Waals surface area contributed by atoms with Crippen molar-refractivity contribution in [2.45, 2.75) is 13.0 Å². The molecule has 0 radical (unpaired) electrons. The second-order valence-electron chi connectivity index (χ2n) is 3.21. The van der Waals surface area contributed by atoms with Gasteiger partial charge in [-0.15, -0.1) is 0 Å². The number of benzene rings is 1. The van der Waals surface area contributed by atoms with Gasteiger partial charge in [0, 0.05) is 25.3 Å². The summed E-state index contributed by atoms with van der Waals surface area (Å²) in [6.45, 7) is 3.06. The van der Waals surface area contributed by atoms with Crippen LogP contribution < -0.4 is 10.6 Å². The zero-order chi connectivity index (χ0) is 8.39. The Morgan fingerprint density at radius 2 is 1.83 bits per heavy atom. The lowest BCUT2D eigenvalue weighted by molar-refractivity contribution is 0.617. The molecule has 1 aliphatic rings. The molecule has 0 atom stereocenters. The number of anilines is 1. The van der Waals surface area contributed by atoms with E-state index in [4.69, 9.17) is 5.73 Å². The molecule has 2 nitrogen and oxygen atoms in total. The molecule has 64 valence electrons. The van der Waals surface area contributed by atoms with Crippen LogP contribution in [0.15, 0.2) is 24.3 Å². The zero-order valence-electron chi connectivity index (χ0n) is 7.16. The van der Waals surface area contributed by atoms with E-state index in [-0.39, 0.29) is 0 Å². The minimum Gasteiger partial charge on any atom is -0.371 e. The first-order valence-electron chi connectivity index (χ1n) is 4.44. The summed E-state index contributed by atoms with van der Waals surface area (Å²) in [4.78, 5) is 2.38. The van der Waals surface area contributed by atoms with Crippen LogP contribution in [0.4, 0.5) is 5.69 Å². The van der Waals surface area contributed by atoms with E-state index in [1.54, 1.807) is 0 Å². The molecule has 2 rings (SSSR count). The van der Waals surface area contributed by atoms with Gasteiger partial charge in [-0.05, 0) is 24.1 Å². The molecule has 0 spiro atoms. The molecule has 0 aromatic heterocycles. The van der Waals surface area contributed by atoms with Crippen LogP contribution in [-0.2, 0) is 6.54 Å². The van der Waals surface area contributed by atoms with E-state index < -0.39 is 0 Å². The lowest BCUT2D eigenvalue weighted by atomic mass is 10.1. The molecule has 2 heteroatoms. The van der Waals surface area contributed by atoms with Crippen LogP contribution in [0.5, 0.6) is 0 Å². The Balaban J connectivity index is 2.13. The normalized spacial score (nSPS) is 15.9. The van der Waals surface area contributed by atoms with Gasteiger partial charge < -0.3 is 10.6 Å². The van der Waals surface area contributed by atoms with E-state index in [2.05, 4.69) is 29.2 Å². The van der Waals surface area contributed by atoms with Gasteiger partial charge in [0.1, 0.15) is 0 Å². The van der Waals surface area contributed by atoms with Crippen molar-refractivity contribution in [3.8, 4) is 0 Å². The first-order valence-corrected chi connectivity index (χ1v) is 4.44. The van der Waals surface area contributed by atoms with Crippen molar-refractivity contribution in [3.05, 3.63) is 29.8 Å². The van der Waals surface area contributed by atoms with Gasteiger partial charge in [0.2, 0.25) is 0 Å². The van der Waals surface area contributed by atoms with E-state index in [0.29, 0.717) is 6.54 Å². The van der Waals surface area contributed by atoms with Crippen molar-refractivity contribution in [3.63, 3.8) is 0 Å². The average molecular weight is 162 g/mol. The molecule has 0 amide bonds. The van der Waals surface area contributed by atoms with E-state index in [1.165, 1.54) is 30.8 Å². The summed E-state index contributed by atoms with van der Waals surface area (Å²) in [5, 5.41) is 0. The molecule has 0 unspecified atom stereocenters. The average Bonchev–Trinajstić information content (AvgIpc) is 2.03. The molecule has 0 saturated carbocycles. The maximum Gasteiger partial charge on any atom is 0.0366 e. The standard InChI is InChI=1S/C10H14N2/c11-8-9-2-4-10(5-3-9)12-6-1-7-12/h2-5H,1,6-8,11H2. The number of hydrogen-bond donors (Lipinski definition) is 1. The fourth-order valence-corrected chi connectivity index (χ4v) is 1.42. The van der Waals surface area contributed by atoms with Gasteiger partial charge in [-0.3, -0.25) is 0 Å². The van der Waals surface area contributed by atoms with Crippen LogP contribution in [0.3, 0.4) is 0 Å². The molecule has 0 bridgehead atoms. The quantitative estimate of drug-likeness (QED) is 0.711. The van der Waals surface area contributed by atoms with Crippen molar-refractivity contribution < 1.29 is 0 Å². The van der Waals surface area contributed by atoms with Crippen LogP contribution in [0.25, 0.3) is 0 Å². The molecule has 1 aliphatic heterocycles. The summed E-state index contributed by atoms with van der Waals surface area (Å²) < 4.78 is 0. The highest BCUT2D eigenvalue weighted by Crippen LogP contribution is 2.20. The van der Waals surface area contributed by atoms with Crippen molar-refractivity contribution >= 4 is 5.69 Å². The summed E-state index contributed by atoms with van der Waals surface area (Å²) >= 11 is 0. The molecule has 0 aliphatic carbocycles. The highest BCUT2D eigenvalue weighted by molar-refractivity contribution is 5.49. The largest absolute Gasteiger partial charge is 0.371 e. The van der Waals surface area contributed by atoms with Crippen LogP contribution >= 0.6 is 0 Å².